The molecule has 0 amide bonds. The number of furan rings is 1. The average molecular weight is 501 g/mol. The first-order valence-electron chi connectivity index (χ1n) is 12.6. The molecule has 1 aromatic heterocycles. The number of rotatable bonds is 11. The molecule has 0 radical (unpaired) electrons. The highest BCUT2D eigenvalue weighted by Crippen LogP contribution is 2.36. The Bertz CT molecular complexity index is 1170. The van der Waals surface area contributed by atoms with Gasteiger partial charge < -0.3 is 28.5 Å². The molecular weight excluding hydrogens is 468 g/mol. The standard InChI is InChI=1S/C31H32O6/c32-28-29(26-17-10-18-34-26)37-27(22-33-19-23-11-4-1-5-12-23)30(35-20-24-13-6-2-7-14-24)31(28)36-21-25-15-8-3-9-16-25/h1-18,27-32H,19-22H2/t27-,28+,29-,30-,31-/m1/s1. The molecule has 0 saturated carbocycles. The van der Waals surface area contributed by atoms with Crippen molar-refractivity contribution in [2.24, 2.45) is 0 Å². The zero-order valence-electron chi connectivity index (χ0n) is 20.6. The first kappa shape index (κ1) is 25.4. The van der Waals surface area contributed by atoms with Crippen LogP contribution in [0.2, 0.25) is 0 Å². The summed E-state index contributed by atoms with van der Waals surface area (Å²) in [4.78, 5) is 0. The van der Waals surface area contributed by atoms with Crippen LogP contribution in [0.15, 0.2) is 114 Å². The largest absolute Gasteiger partial charge is 0.466 e. The Hall–Kier alpha value is -3.26. The van der Waals surface area contributed by atoms with Crippen molar-refractivity contribution in [1.82, 2.24) is 0 Å². The molecule has 5 rings (SSSR count). The van der Waals surface area contributed by atoms with E-state index in [9.17, 15) is 5.11 Å². The van der Waals surface area contributed by atoms with Crippen molar-refractivity contribution >= 4 is 0 Å². The van der Waals surface area contributed by atoms with Gasteiger partial charge in [0.15, 0.2) is 0 Å². The summed E-state index contributed by atoms with van der Waals surface area (Å²) < 4.78 is 30.8. The smallest absolute Gasteiger partial charge is 0.144 e. The minimum absolute atomic E-state index is 0.267. The van der Waals surface area contributed by atoms with Gasteiger partial charge in [0.05, 0.1) is 32.7 Å². The quantitative estimate of drug-likeness (QED) is 0.295. The predicted octanol–water partition coefficient (Wildman–Crippen LogP) is 5.47. The van der Waals surface area contributed by atoms with E-state index in [0.717, 1.165) is 16.7 Å². The number of hydrogen-bond acceptors (Lipinski definition) is 6. The van der Waals surface area contributed by atoms with Crippen LogP contribution in [0.3, 0.4) is 0 Å². The number of aliphatic hydroxyl groups is 1. The van der Waals surface area contributed by atoms with Crippen LogP contribution in [0, 0.1) is 0 Å². The molecule has 1 saturated heterocycles. The Balaban J connectivity index is 1.37. The summed E-state index contributed by atoms with van der Waals surface area (Å²) in [6, 6.07) is 33.4. The highest BCUT2D eigenvalue weighted by molar-refractivity contribution is 5.16. The number of aliphatic hydroxyl groups excluding tert-OH is 1. The molecule has 0 unspecified atom stereocenters. The van der Waals surface area contributed by atoms with Gasteiger partial charge in [0, 0.05) is 0 Å². The molecule has 1 N–H and O–H groups in total. The van der Waals surface area contributed by atoms with Crippen molar-refractivity contribution in [3.63, 3.8) is 0 Å². The van der Waals surface area contributed by atoms with Gasteiger partial charge in [0.2, 0.25) is 0 Å². The molecule has 4 aromatic rings. The minimum atomic E-state index is -0.999. The second-order valence-corrected chi connectivity index (χ2v) is 9.12. The van der Waals surface area contributed by atoms with Gasteiger partial charge in [0.25, 0.3) is 0 Å². The third-order valence-corrected chi connectivity index (χ3v) is 6.45. The van der Waals surface area contributed by atoms with Crippen molar-refractivity contribution in [3.8, 4) is 0 Å². The molecule has 37 heavy (non-hydrogen) atoms. The summed E-state index contributed by atoms with van der Waals surface area (Å²) in [7, 11) is 0. The van der Waals surface area contributed by atoms with Crippen molar-refractivity contribution in [2.45, 2.75) is 50.3 Å². The molecule has 6 nitrogen and oxygen atoms in total. The maximum absolute atomic E-state index is 11.4. The summed E-state index contributed by atoms with van der Waals surface area (Å²) in [5, 5.41) is 11.4. The van der Waals surface area contributed by atoms with E-state index in [4.69, 9.17) is 23.4 Å². The fourth-order valence-electron chi connectivity index (χ4n) is 4.54. The highest BCUT2D eigenvalue weighted by Gasteiger charge is 2.48. The zero-order chi connectivity index (χ0) is 25.3. The van der Waals surface area contributed by atoms with E-state index < -0.39 is 30.5 Å². The normalized spacial score (nSPS) is 23.6. The van der Waals surface area contributed by atoms with Crippen LogP contribution >= 0.6 is 0 Å². The lowest BCUT2D eigenvalue weighted by molar-refractivity contribution is -0.266. The summed E-state index contributed by atoms with van der Waals surface area (Å²) in [6.45, 7) is 1.39. The van der Waals surface area contributed by atoms with Crippen LogP contribution in [-0.4, -0.2) is 36.1 Å². The second-order valence-electron chi connectivity index (χ2n) is 9.12. The topological polar surface area (TPSA) is 70.3 Å². The zero-order valence-corrected chi connectivity index (χ0v) is 20.6. The number of benzene rings is 3. The molecule has 0 bridgehead atoms. The summed E-state index contributed by atoms with van der Waals surface area (Å²) in [5.41, 5.74) is 3.10. The lowest BCUT2D eigenvalue weighted by atomic mass is 9.93. The molecule has 192 valence electrons. The third kappa shape index (κ3) is 6.74. The van der Waals surface area contributed by atoms with Crippen molar-refractivity contribution in [3.05, 3.63) is 132 Å². The summed E-state index contributed by atoms with van der Waals surface area (Å²) in [6.07, 6.45) is -1.87. The van der Waals surface area contributed by atoms with Gasteiger partial charge in [-0.25, -0.2) is 0 Å². The van der Waals surface area contributed by atoms with E-state index in [-0.39, 0.29) is 6.61 Å². The van der Waals surface area contributed by atoms with Crippen LogP contribution in [0.25, 0.3) is 0 Å². The fraction of sp³-hybridized carbons (Fsp3) is 0.290. The SMILES string of the molecule is O[C@@H]1[C@@H](OCc2ccccc2)[C@H](OCc2ccccc2)[C@@H](COCc2ccccc2)O[C@@H]1c1ccco1. The highest BCUT2D eigenvalue weighted by atomic mass is 16.6. The maximum Gasteiger partial charge on any atom is 0.144 e. The molecule has 3 aromatic carbocycles. The molecule has 1 fully saturated rings. The van der Waals surface area contributed by atoms with Gasteiger partial charge in [-0.1, -0.05) is 91.0 Å². The van der Waals surface area contributed by atoms with Crippen LogP contribution in [0.4, 0.5) is 0 Å². The van der Waals surface area contributed by atoms with E-state index in [1.54, 1.807) is 18.4 Å². The van der Waals surface area contributed by atoms with Crippen molar-refractivity contribution < 1.29 is 28.5 Å². The maximum atomic E-state index is 11.4. The number of ether oxygens (including phenoxy) is 4. The Kier molecular flexibility index (Phi) is 8.79. The van der Waals surface area contributed by atoms with E-state index in [1.807, 2.05) is 91.0 Å². The van der Waals surface area contributed by atoms with Crippen LogP contribution < -0.4 is 0 Å². The van der Waals surface area contributed by atoms with Gasteiger partial charge in [-0.15, -0.1) is 0 Å². The van der Waals surface area contributed by atoms with Gasteiger partial charge in [-0.3, -0.25) is 0 Å². The molecule has 0 aliphatic carbocycles. The molecule has 1 aliphatic rings. The van der Waals surface area contributed by atoms with Gasteiger partial charge >= 0.3 is 0 Å². The van der Waals surface area contributed by atoms with Gasteiger partial charge in [0.1, 0.15) is 36.3 Å². The van der Waals surface area contributed by atoms with E-state index >= 15 is 0 Å². The molecule has 6 heteroatoms. The van der Waals surface area contributed by atoms with E-state index in [2.05, 4.69) is 0 Å². The van der Waals surface area contributed by atoms with Crippen LogP contribution in [0.5, 0.6) is 0 Å². The predicted molar refractivity (Wildman–Crippen MR) is 138 cm³/mol. The molecule has 5 atom stereocenters. The van der Waals surface area contributed by atoms with Crippen LogP contribution in [0.1, 0.15) is 28.6 Å². The lowest BCUT2D eigenvalue weighted by Gasteiger charge is -2.44. The Labute approximate surface area is 217 Å². The van der Waals surface area contributed by atoms with Crippen molar-refractivity contribution in [2.75, 3.05) is 6.61 Å². The first-order valence-corrected chi connectivity index (χ1v) is 12.6. The number of hydrogen-bond donors (Lipinski definition) is 1. The fourth-order valence-corrected chi connectivity index (χ4v) is 4.54. The first-order chi connectivity index (χ1) is 18.3. The second kappa shape index (κ2) is 12.8. The molecule has 2 heterocycles. The summed E-state index contributed by atoms with van der Waals surface area (Å²) >= 11 is 0. The third-order valence-electron chi connectivity index (χ3n) is 6.45. The van der Waals surface area contributed by atoms with E-state index in [0.29, 0.717) is 25.6 Å². The Morgan fingerprint density at radius 3 is 1.70 bits per heavy atom. The monoisotopic (exact) mass is 500 g/mol. The van der Waals surface area contributed by atoms with Crippen LogP contribution in [-0.2, 0) is 38.8 Å². The van der Waals surface area contributed by atoms with Crippen molar-refractivity contribution in [1.29, 1.82) is 0 Å². The average Bonchev–Trinajstić information content (AvgIpc) is 3.49. The minimum Gasteiger partial charge on any atom is -0.466 e. The Morgan fingerprint density at radius 2 is 1.16 bits per heavy atom. The Morgan fingerprint density at radius 1 is 0.622 bits per heavy atom. The molecule has 1 aliphatic heterocycles. The van der Waals surface area contributed by atoms with Gasteiger partial charge in [-0.2, -0.15) is 0 Å². The summed E-state index contributed by atoms with van der Waals surface area (Å²) in [5.74, 6) is 0.537. The van der Waals surface area contributed by atoms with Gasteiger partial charge in [-0.05, 0) is 28.8 Å². The molecule has 0 spiro atoms. The van der Waals surface area contributed by atoms with E-state index in [1.165, 1.54) is 0 Å². The molecular formula is C31H32O6. The lowest BCUT2D eigenvalue weighted by Crippen LogP contribution is -2.57.